The summed E-state index contributed by atoms with van der Waals surface area (Å²) in [5.41, 5.74) is 2.34. The second-order valence-electron chi connectivity index (χ2n) is 6.46. The van der Waals surface area contributed by atoms with E-state index in [1.165, 1.54) is 5.56 Å². The normalized spacial score (nSPS) is 27.0. The standard InChI is InChI=1S/C19H21NO3/c1-19(18(22)23)12-16(20-17(19)21)11-13-7-9-15(10-8-13)14-5-3-2-4-6-14/h2-10,16-17,20-21H,11-12H2,1H3,(H,22,23)/t16-,17?,19?/m1/s1. The first kappa shape index (κ1) is 15.7. The Morgan fingerprint density at radius 2 is 1.74 bits per heavy atom. The first-order valence-electron chi connectivity index (χ1n) is 7.81. The van der Waals surface area contributed by atoms with Crippen LogP contribution in [0.25, 0.3) is 11.1 Å². The fraction of sp³-hybridized carbons (Fsp3) is 0.316. The Labute approximate surface area is 135 Å². The minimum Gasteiger partial charge on any atom is -0.481 e. The van der Waals surface area contributed by atoms with Crippen LogP contribution in [0.3, 0.4) is 0 Å². The predicted octanol–water partition coefficient (Wildman–Crippen LogP) is 2.67. The van der Waals surface area contributed by atoms with Crippen molar-refractivity contribution >= 4 is 5.97 Å². The average Bonchev–Trinajstić information content (AvgIpc) is 2.84. The lowest BCUT2D eigenvalue weighted by molar-refractivity contribution is -0.153. The summed E-state index contributed by atoms with van der Waals surface area (Å²) in [6.45, 7) is 1.59. The monoisotopic (exact) mass is 311 g/mol. The molecule has 0 aromatic heterocycles. The third kappa shape index (κ3) is 3.14. The van der Waals surface area contributed by atoms with Crippen molar-refractivity contribution in [3.8, 4) is 11.1 Å². The van der Waals surface area contributed by atoms with Gasteiger partial charge >= 0.3 is 5.97 Å². The molecule has 0 saturated carbocycles. The predicted molar refractivity (Wildman–Crippen MR) is 88.9 cm³/mol. The number of carboxylic acids is 1. The number of aliphatic hydroxyl groups excluding tert-OH is 1. The summed E-state index contributed by atoms with van der Waals surface area (Å²) in [6.07, 6.45) is 0.118. The summed E-state index contributed by atoms with van der Waals surface area (Å²) >= 11 is 0. The number of nitrogens with one attached hydrogen (secondary N) is 1. The highest BCUT2D eigenvalue weighted by Crippen LogP contribution is 2.34. The molecule has 120 valence electrons. The van der Waals surface area contributed by atoms with E-state index in [-0.39, 0.29) is 6.04 Å². The molecule has 2 unspecified atom stereocenters. The molecule has 2 aromatic carbocycles. The van der Waals surface area contributed by atoms with Gasteiger partial charge in [-0.1, -0.05) is 54.6 Å². The van der Waals surface area contributed by atoms with Gasteiger partial charge in [-0.25, -0.2) is 0 Å². The van der Waals surface area contributed by atoms with Gasteiger partial charge in [0, 0.05) is 6.04 Å². The van der Waals surface area contributed by atoms with Crippen molar-refractivity contribution in [1.82, 2.24) is 5.32 Å². The van der Waals surface area contributed by atoms with Crippen molar-refractivity contribution in [3.05, 3.63) is 60.2 Å². The number of aliphatic hydroxyl groups is 1. The lowest BCUT2D eigenvalue weighted by Crippen LogP contribution is -2.40. The molecule has 4 nitrogen and oxygen atoms in total. The highest BCUT2D eigenvalue weighted by molar-refractivity contribution is 5.75. The zero-order chi connectivity index (χ0) is 16.4. The van der Waals surface area contributed by atoms with Crippen LogP contribution in [0.15, 0.2) is 54.6 Å². The van der Waals surface area contributed by atoms with Crippen molar-refractivity contribution < 1.29 is 15.0 Å². The van der Waals surface area contributed by atoms with E-state index < -0.39 is 17.6 Å². The average molecular weight is 311 g/mol. The highest BCUT2D eigenvalue weighted by atomic mass is 16.4. The molecule has 3 rings (SSSR count). The van der Waals surface area contributed by atoms with E-state index in [1.807, 2.05) is 18.2 Å². The summed E-state index contributed by atoms with van der Waals surface area (Å²) in [5, 5.41) is 22.3. The molecule has 0 amide bonds. The van der Waals surface area contributed by atoms with E-state index in [2.05, 4.69) is 41.7 Å². The van der Waals surface area contributed by atoms with Crippen molar-refractivity contribution in [2.75, 3.05) is 0 Å². The molecule has 0 bridgehead atoms. The van der Waals surface area contributed by atoms with Crippen molar-refractivity contribution in [3.63, 3.8) is 0 Å². The Morgan fingerprint density at radius 3 is 2.30 bits per heavy atom. The van der Waals surface area contributed by atoms with E-state index in [0.29, 0.717) is 12.8 Å². The summed E-state index contributed by atoms with van der Waals surface area (Å²) in [5.74, 6) is -0.959. The number of carbonyl (C=O) groups is 1. The van der Waals surface area contributed by atoms with Crippen LogP contribution in [0.5, 0.6) is 0 Å². The van der Waals surface area contributed by atoms with Gasteiger partial charge in [0.1, 0.15) is 11.6 Å². The molecule has 1 fully saturated rings. The number of benzene rings is 2. The van der Waals surface area contributed by atoms with Gasteiger partial charge in [-0.15, -0.1) is 0 Å². The summed E-state index contributed by atoms with van der Waals surface area (Å²) < 4.78 is 0. The summed E-state index contributed by atoms with van der Waals surface area (Å²) in [6, 6.07) is 18.4. The van der Waals surface area contributed by atoms with Gasteiger partial charge in [0.25, 0.3) is 0 Å². The van der Waals surface area contributed by atoms with E-state index in [0.717, 1.165) is 11.1 Å². The first-order valence-corrected chi connectivity index (χ1v) is 7.81. The number of rotatable bonds is 4. The molecule has 23 heavy (non-hydrogen) atoms. The molecule has 2 aromatic rings. The van der Waals surface area contributed by atoms with Crippen LogP contribution in [0.4, 0.5) is 0 Å². The third-order valence-corrected chi connectivity index (χ3v) is 4.70. The van der Waals surface area contributed by atoms with Crippen LogP contribution in [0.1, 0.15) is 18.9 Å². The van der Waals surface area contributed by atoms with Gasteiger partial charge in [0.05, 0.1) is 0 Å². The number of carboxylic acid groups (broad SMARTS) is 1. The summed E-state index contributed by atoms with van der Waals surface area (Å²) in [7, 11) is 0. The maximum atomic E-state index is 11.3. The topological polar surface area (TPSA) is 69.6 Å². The maximum absolute atomic E-state index is 11.3. The second kappa shape index (κ2) is 6.14. The van der Waals surface area contributed by atoms with Crippen LogP contribution in [0.2, 0.25) is 0 Å². The number of hydrogen-bond donors (Lipinski definition) is 3. The molecule has 0 aliphatic carbocycles. The van der Waals surface area contributed by atoms with Gasteiger partial charge in [-0.2, -0.15) is 0 Å². The number of aliphatic carboxylic acids is 1. The first-order chi connectivity index (χ1) is 11.0. The van der Waals surface area contributed by atoms with Gasteiger partial charge < -0.3 is 10.2 Å². The van der Waals surface area contributed by atoms with E-state index in [4.69, 9.17) is 0 Å². The van der Waals surface area contributed by atoms with Crippen molar-refractivity contribution in [2.45, 2.75) is 32.0 Å². The Kier molecular flexibility index (Phi) is 4.20. The SMILES string of the molecule is CC1(C(=O)O)C[C@@H](Cc2ccc(-c3ccccc3)cc2)NC1O. The van der Waals surface area contributed by atoms with Crippen LogP contribution in [0, 0.1) is 5.41 Å². The van der Waals surface area contributed by atoms with E-state index in [9.17, 15) is 15.0 Å². The maximum Gasteiger partial charge on any atom is 0.313 e. The molecule has 4 heteroatoms. The molecular formula is C19H21NO3. The molecule has 0 radical (unpaired) electrons. The summed E-state index contributed by atoms with van der Waals surface area (Å²) in [4.78, 5) is 11.3. The van der Waals surface area contributed by atoms with E-state index >= 15 is 0 Å². The molecule has 1 heterocycles. The van der Waals surface area contributed by atoms with Crippen LogP contribution in [-0.2, 0) is 11.2 Å². The van der Waals surface area contributed by atoms with Crippen LogP contribution < -0.4 is 5.32 Å². The highest BCUT2D eigenvalue weighted by Gasteiger charge is 2.48. The van der Waals surface area contributed by atoms with Crippen LogP contribution in [-0.4, -0.2) is 28.5 Å². The lowest BCUT2D eigenvalue weighted by Gasteiger charge is -2.21. The molecule has 1 aliphatic heterocycles. The Hall–Kier alpha value is -2.17. The minimum absolute atomic E-state index is 0.0336. The fourth-order valence-electron chi connectivity index (χ4n) is 3.17. The van der Waals surface area contributed by atoms with Gasteiger partial charge in [0.15, 0.2) is 0 Å². The fourth-order valence-corrected chi connectivity index (χ4v) is 3.17. The molecular weight excluding hydrogens is 290 g/mol. The molecule has 0 spiro atoms. The lowest BCUT2D eigenvalue weighted by atomic mass is 9.85. The quantitative estimate of drug-likeness (QED) is 0.812. The Balaban J connectivity index is 1.69. The Morgan fingerprint density at radius 1 is 1.13 bits per heavy atom. The Bertz CT molecular complexity index is 684. The number of hydrogen-bond acceptors (Lipinski definition) is 3. The van der Waals surface area contributed by atoms with Gasteiger partial charge in [0.2, 0.25) is 0 Å². The van der Waals surface area contributed by atoms with Gasteiger partial charge in [-0.3, -0.25) is 10.1 Å². The minimum atomic E-state index is -1.12. The second-order valence-corrected chi connectivity index (χ2v) is 6.46. The molecule has 3 N–H and O–H groups in total. The molecule has 3 atom stereocenters. The van der Waals surface area contributed by atoms with Crippen molar-refractivity contribution in [2.24, 2.45) is 5.41 Å². The third-order valence-electron chi connectivity index (χ3n) is 4.70. The zero-order valence-electron chi connectivity index (χ0n) is 13.1. The smallest absolute Gasteiger partial charge is 0.313 e. The largest absolute Gasteiger partial charge is 0.481 e. The van der Waals surface area contributed by atoms with E-state index in [1.54, 1.807) is 6.92 Å². The van der Waals surface area contributed by atoms with Crippen LogP contribution >= 0.6 is 0 Å². The molecule has 1 aliphatic rings. The van der Waals surface area contributed by atoms with Gasteiger partial charge in [-0.05, 0) is 36.5 Å². The zero-order valence-corrected chi connectivity index (χ0v) is 13.1. The van der Waals surface area contributed by atoms with Crippen molar-refractivity contribution in [1.29, 1.82) is 0 Å². The molecule has 1 saturated heterocycles.